The van der Waals surface area contributed by atoms with Crippen LogP contribution >= 0.6 is 11.6 Å². The minimum absolute atomic E-state index is 0.0860. The molecule has 1 N–H and O–H groups in total. The molecule has 0 radical (unpaired) electrons. The molecule has 0 rings (SSSR count). The number of unbranched alkanes of at least 4 members (excludes halogenated alkanes) is 3. The van der Waals surface area contributed by atoms with Crippen molar-refractivity contribution in [3.8, 4) is 0 Å². The first kappa shape index (κ1) is 14.8. The molecular formula is C12H24ClNO. The summed E-state index contributed by atoms with van der Waals surface area (Å²) in [5.74, 6) is 0.913. The van der Waals surface area contributed by atoms with E-state index in [9.17, 15) is 4.79 Å². The van der Waals surface area contributed by atoms with Gasteiger partial charge in [-0.1, -0.05) is 33.6 Å². The van der Waals surface area contributed by atoms with Gasteiger partial charge in [0.15, 0.2) is 0 Å². The molecule has 1 amide bonds. The molecule has 0 saturated heterocycles. The quantitative estimate of drug-likeness (QED) is 0.531. The average Bonchev–Trinajstić information content (AvgIpc) is 2.08. The Morgan fingerprint density at radius 3 is 2.27 bits per heavy atom. The number of hydrogen-bond donors (Lipinski definition) is 1. The molecule has 0 atom stereocenters. The van der Waals surface area contributed by atoms with E-state index in [-0.39, 0.29) is 11.3 Å². The van der Waals surface area contributed by atoms with Gasteiger partial charge < -0.3 is 5.32 Å². The van der Waals surface area contributed by atoms with Crippen molar-refractivity contribution in [1.29, 1.82) is 0 Å². The minimum atomic E-state index is 0.0860. The molecule has 0 fully saturated rings. The van der Waals surface area contributed by atoms with Gasteiger partial charge in [-0.05, 0) is 18.3 Å². The SMILES string of the molecule is CC(C)(C)CC(=O)NCCCCCCCl. The summed E-state index contributed by atoms with van der Waals surface area (Å²) in [6.45, 7) is 7.03. The fourth-order valence-corrected chi connectivity index (χ4v) is 1.53. The van der Waals surface area contributed by atoms with Crippen LogP contribution < -0.4 is 5.32 Å². The van der Waals surface area contributed by atoms with Crippen molar-refractivity contribution in [1.82, 2.24) is 5.32 Å². The van der Waals surface area contributed by atoms with Gasteiger partial charge in [0.1, 0.15) is 0 Å². The van der Waals surface area contributed by atoms with E-state index >= 15 is 0 Å². The molecule has 0 spiro atoms. The third kappa shape index (κ3) is 11.7. The van der Waals surface area contributed by atoms with Crippen molar-refractivity contribution < 1.29 is 4.79 Å². The Labute approximate surface area is 98.8 Å². The van der Waals surface area contributed by atoms with Crippen LogP contribution in [0, 0.1) is 5.41 Å². The lowest BCUT2D eigenvalue weighted by atomic mass is 9.92. The highest BCUT2D eigenvalue weighted by Gasteiger charge is 2.14. The van der Waals surface area contributed by atoms with Gasteiger partial charge in [0.05, 0.1) is 0 Å². The van der Waals surface area contributed by atoms with Gasteiger partial charge in [-0.25, -0.2) is 0 Å². The number of rotatable bonds is 7. The maximum Gasteiger partial charge on any atom is 0.220 e. The van der Waals surface area contributed by atoms with Crippen molar-refractivity contribution >= 4 is 17.5 Å². The number of halogens is 1. The van der Waals surface area contributed by atoms with Crippen molar-refractivity contribution in [2.24, 2.45) is 5.41 Å². The summed E-state index contributed by atoms with van der Waals surface area (Å²) < 4.78 is 0. The minimum Gasteiger partial charge on any atom is -0.356 e. The van der Waals surface area contributed by atoms with E-state index in [0.717, 1.165) is 31.7 Å². The summed E-state index contributed by atoms with van der Waals surface area (Å²) in [5, 5.41) is 2.94. The smallest absolute Gasteiger partial charge is 0.220 e. The third-order valence-corrected chi connectivity index (χ3v) is 2.34. The van der Waals surface area contributed by atoms with E-state index in [1.807, 2.05) is 0 Å². The van der Waals surface area contributed by atoms with Crippen LogP contribution in [0.4, 0.5) is 0 Å². The molecule has 90 valence electrons. The first-order valence-corrected chi connectivity index (χ1v) is 6.32. The fourth-order valence-electron chi connectivity index (χ4n) is 1.35. The average molecular weight is 234 g/mol. The monoisotopic (exact) mass is 233 g/mol. The van der Waals surface area contributed by atoms with Crippen molar-refractivity contribution in [3.05, 3.63) is 0 Å². The highest BCUT2D eigenvalue weighted by Crippen LogP contribution is 2.17. The van der Waals surface area contributed by atoms with Crippen molar-refractivity contribution in [2.75, 3.05) is 12.4 Å². The Bertz CT molecular complexity index is 175. The van der Waals surface area contributed by atoms with Crippen LogP contribution in [0.3, 0.4) is 0 Å². The molecule has 0 aromatic rings. The second kappa shape index (κ2) is 7.98. The van der Waals surface area contributed by atoms with E-state index < -0.39 is 0 Å². The van der Waals surface area contributed by atoms with Crippen LogP contribution in [0.1, 0.15) is 52.9 Å². The molecular weight excluding hydrogens is 210 g/mol. The zero-order valence-electron chi connectivity index (χ0n) is 10.2. The molecule has 0 aromatic heterocycles. The molecule has 0 aliphatic carbocycles. The highest BCUT2D eigenvalue weighted by molar-refractivity contribution is 6.17. The number of alkyl halides is 1. The van der Waals surface area contributed by atoms with Crippen molar-refractivity contribution in [3.63, 3.8) is 0 Å². The van der Waals surface area contributed by atoms with Gasteiger partial charge in [-0.2, -0.15) is 0 Å². The Morgan fingerprint density at radius 1 is 1.13 bits per heavy atom. The Kier molecular flexibility index (Phi) is 7.85. The van der Waals surface area contributed by atoms with Crippen LogP contribution in [0.5, 0.6) is 0 Å². The van der Waals surface area contributed by atoms with E-state index in [0.29, 0.717) is 6.42 Å². The number of amides is 1. The molecule has 0 unspecified atom stereocenters. The van der Waals surface area contributed by atoms with Gasteiger partial charge in [-0.15, -0.1) is 11.6 Å². The van der Waals surface area contributed by atoms with Crippen LogP contribution in [0.15, 0.2) is 0 Å². The Hall–Kier alpha value is -0.240. The first-order valence-electron chi connectivity index (χ1n) is 5.78. The van der Waals surface area contributed by atoms with Gasteiger partial charge in [0.25, 0.3) is 0 Å². The molecule has 0 saturated carbocycles. The van der Waals surface area contributed by atoms with Gasteiger partial charge in [0.2, 0.25) is 5.91 Å². The molecule has 3 heteroatoms. The van der Waals surface area contributed by atoms with Crippen molar-refractivity contribution in [2.45, 2.75) is 52.9 Å². The highest BCUT2D eigenvalue weighted by atomic mass is 35.5. The van der Waals surface area contributed by atoms with E-state index in [2.05, 4.69) is 26.1 Å². The van der Waals surface area contributed by atoms with Gasteiger partial charge in [0, 0.05) is 18.8 Å². The zero-order chi connectivity index (χ0) is 11.7. The van der Waals surface area contributed by atoms with E-state index in [1.54, 1.807) is 0 Å². The second-order valence-electron chi connectivity index (χ2n) is 5.19. The zero-order valence-corrected chi connectivity index (χ0v) is 11.0. The lowest BCUT2D eigenvalue weighted by molar-refractivity contribution is -0.122. The van der Waals surface area contributed by atoms with Gasteiger partial charge >= 0.3 is 0 Å². The molecule has 0 aliphatic rings. The fraction of sp³-hybridized carbons (Fsp3) is 0.917. The summed E-state index contributed by atoms with van der Waals surface area (Å²) in [6.07, 6.45) is 5.07. The van der Waals surface area contributed by atoms with Crippen LogP contribution in [-0.2, 0) is 4.79 Å². The Balaban J connectivity index is 3.32. The number of carbonyl (C=O) groups is 1. The van der Waals surface area contributed by atoms with E-state index in [1.165, 1.54) is 6.42 Å². The standard InChI is InChI=1S/C12H24ClNO/c1-12(2,3)10-11(15)14-9-7-5-4-6-8-13/h4-10H2,1-3H3,(H,14,15). The molecule has 0 heterocycles. The van der Waals surface area contributed by atoms with Crippen LogP contribution in [-0.4, -0.2) is 18.3 Å². The number of carbonyl (C=O) groups excluding carboxylic acids is 1. The third-order valence-electron chi connectivity index (χ3n) is 2.07. The van der Waals surface area contributed by atoms with Crippen LogP contribution in [0.2, 0.25) is 0 Å². The summed E-state index contributed by atoms with van der Waals surface area (Å²) >= 11 is 5.57. The van der Waals surface area contributed by atoms with Crippen LogP contribution in [0.25, 0.3) is 0 Å². The summed E-state index contributed by atoms with van der Waals surface area (Å²) in [7, 11) is 0. The molecule has 0 aromatic carbocycles. The first-order chi connectivity index (χ1) is 6.95. The molecule has 0 aliphatic heterocycles. The van der Waals surface area contributed by atoms with Gasteiger partial charge in [-0.3, -0.25) is 4.79 Å². The predicted octanol–water partition coefficient (Wildman–Crippen LogP) is 3.34. The normalized spacial score (nSPS) is 11.5. The second-order valence-corrected chi connectivity index (χ2v) is 5.57. The molecule has 15 heavy (non-hydrogen) atoms. The number of hydrogen-bond acceptors (Lipinski definition) is 1. The Morgan fingerprint density at radius 2 is 1.73 bits per heavy atom. The summed E-state index contributed by atoms with van der Waals surface area (Å²) in [5.41, 5.74) is 0.0860. The maximum absolute atomic E-state index is 11.4. The largest absolute Gasteiger partial charge is 0.356 e. The number of nitrogens with one attached hydrogen (secondary N) is 1. The topological polar surface area (TPSA) is 29.1 Å². The van der Waals surface area contributed by atoms with E-state index in [4.69, 9.17) is 11.6 Å². The molecule has 2 nitrogen and oxygen atoms in total. The molecule has 0 bridgehead atoms. The maximum atomic E-state index is 11.4. The summed E-state index contributed by atoms with van der Waals surface area (Å²) in [6, 6.07) is 0. The lowest BCUT2D eigenvalue weighted by Gasteiger charge is -2.17. The predicted molar refractivity (Wildman–Crippen MR) is 66.3 cm³/mol. The summed E-state index contributed by atoms with van der Waals surface area (Å²) in [4.78, 5) is 11.4. The lowest BCUT2D eigenvalue weighted by Crippen LogP contribution is -2.28.